The summed E-state index contributed by atoms with van der Waals surface area (Å²) >= 11 is 0. The molecule has 132 valence electrons. The second-order valence-corrected chi connectivity index (χ2v) is 6.20. The fourth-order valence-corrected chi connectivity index (χ4v) is 3.25. The third-order valence-electron chi connectivity index (χ3n) is 4.61. The fraction of sp³-hybridized carbons (Fsp3) is 0.0909. The van der Waals surface area contributed by atoms with E-state index in [0.717, 1.165) is 16.9 Å². The van der Waals surface area contributed by atoms with Gasteiger partial charge in [-0.1, -0.05) is 30.3 Å². The zero-order chi connectivity index (χ0) is 18.8. The maximum Gasteiger partial charge on any atom is 0.262 e. The van der Waals surface area contributed by atoms with Gasteiger partial charge in [0.15, 0.2) is 0 Å². The first kappa shape index (κ1) is 16.7. The van der Waals surface area contributed by atoms with Crippen molar-refractivity contribution in [2.75, 3.05) is 17.3 Å². The van der Waals surface area contributed by atoms with Crippen molar-refractivity contribution in [2.24, 2.45) is 0 Å². The molecule has 1 atom stereocenters. The molecule has 4 rings (SSSR count). The number of rotatable bonds is 3. The van der Waals surface area contributed by atoms with Crippen LogP contribution in [0, 0.1) is 11.3 Å². The Morgan fingerprint density at radius 1 is 1.04 bits per heavy atom. The average Bonchev–Trinajstić information content (AvgIpc) is 2.74. The van der Waals surface area contributed by atoms with Gasteiger partial charge in [0.1, 0.15) is 11.9 Å². The number of para-hydroxylation sites is 1. The molecule has 1 heterocycles. The van der Waals surface area contributed by atoms with Crippen LogP contribution in [0.3, 0.4) is 0 Å². The zero-order valence-corrected chi connectivity index (χ0v) is 14.7. The second-order valence-electron chi connectivity index (χ2n) is 6.20. The Bertz CT molecular complexity index is 1040. The molecule has 0 saturated carbocycles. The number of nitrogens with zero attached hydrogens (tertiary/aromatic N) is 2. The summed E-state index contributed by atoms with van der Waals surface area (Å²) in [6.45, 7) is 0. The first-order valence-electron chi connectivity index (χ1n) is 8.54. The Morgan fingerprint density at radius 2 is 1.81 bits per heavy atom. The first-order chi connectivity index (χ1) is 13.2. The molecule has 27 heavy (non-hydrogen) atoms. The molecule has 0 fully saturated rings. The molecule has 0 aromatic heterocycles. The lowest BCUT2D eigenvalue weighted by Crippen LogP contribution is -2.43. The summed E-state index contributed by atoms with van der Waals surface area (Å²) < 4.78 is 5.33. The van der Waals surface area contributed by atoms with Crippen LogP contribution in [0.2, 0.25) is 0 Å². The van der Waals surface area contributed by atoms with Crippen molar-refractivity contribution in [3.8, 4) is 11.8 Å². The monoisotopic (exact) mass is 355 g/mol. The topological polar surface area (TPSA) is 65.4 Å². The average molecular weight is 355 g/mol. The normalized spacial score (nSPS) is 15.5. The minimum absolute atomic E-state index is 0.0908. The third kappa shape index (κ3) is 2.98. The van der Waals surface area contributed by atoms with Gasteiger partial charge in [0.05, 0.1) is 30.0 Å². The van der Waals surface area contributed by atoms with Crippen LogP contribution < -0.4 is 15.0 Å². The van der Waals surface area contributed by atoms with Crippen LogP contribution in [0.4, 0.5) is 11.4 Å². The Balaban J connectivity index is 1.85. The number of nitrogens with one attached hydrogen (secondary N) is 1. The van der Waals surface area contributed by atoms with Crippen molar-refractivity contribution in [2.45, 2.75) is 6.17 Å². The number of amides is 1. The number of hydrogen-bond donors (Lipinski definition) is 1. The molecular weight excluding hydrogens is 338 g/mol. The molecular formula is C22H17N3O2. The molecule has 5 nitrogen and oxygen atoms in total. The molecule has 0 bridgehead atoms. The van der Waals surface area contributed by atoms with Crippen LogP contribution in [-0.2, 0) is 0 Å². The van der Waals surface area contributed by atoms with Crippen LogP contribution in [0.25, 0.3) is 0 Å². The van der Waals surface area contributed by atoms with Crippen LogP contribution in [0.15, 0.2) is 72.8 Å². The number of carbonyl (C=O) groups excluding carboxylic acids is 1. The molecule has 3 aromatic carbocycles. The Hall–Kier alpha value is -3.78. The van der Waals surface area contributed by atoms with E-state index in [2.05, 4.69) is 11.4 Å². The summed E-state index contributed by atoms with van der Waals surface area (Å²) in [5.41, 5.74) is 3.60. The van der Waals surface area contributed by atoms with Crippen molar-refractivity contribution >= 4 is 17.3 Å². The Labute approximate surface area is 157 Å². The highest BCUT2D eigenvalue weighted by atomic mass is 16.5. The lowest BCUT2D eigenvalue weighted by atomic mass is 10.0. The van der Waals surface area contributed by atoms with E-state index < -0.39 is 6.17 Å². The predicted molar refractivity (Wildman–Crippen MR) is 104 cm³/mol. The maximum absolute atomic E-state index is 13.3. The van der Waals surface area contributed by atoms with Gasteiger partial charge in [0.25, 0.3) is 5.91 Å². The second kappa shape index (κ2) is 6.85. The molecule has 0 saturated heterocycles. The molecule has 1 N–H and O–H groups in total. The Morgan fingerprint density at radius 3 is 2.56 bits per heavy atom. The summed E-state index contributed by atoms with van der Waals surface area (Å²) in [7, 11) is 1.60. The van der Waals surface area contributed by atoms with E-state index >= 15 is 0 Å². The SMILES string of the molecule is COc1cccc(N2C(=O)c3ccccc3NC2c2ccc(C#N)cc2)c1. The lowest BCUT2D eigenvalue weighted by molar-refractivity contribution is 0.0975. The van der Waals surface area contributed by atoms with Crippen LogP contribution in [0.5, 0.6) is 5.75 Å². The van der Waals surface area contributed by atoms with Gasteiger partial charge in [-0.3, -0.25) is 9.69 Å². The van der Waals surface area contributed by atoms with Gasteiger partial charge in [-0.2, -0.15) is 5.26 Å². The van der Waals surface area contributed by atoms with Crippen LogP contribution >= 0.6 is 0 Å². The zero-order valence-electron chi connectivity index (χ0n) is 14.7. The number of ether oxygens (including phenoxy) is 1. The highest BCUT2D eigenvalue weighted by molar-refractivity contribution is 6.12. The maximum atomic E-state index is 13.3. The van der Waals surface area contributed by atoms with E-state index in [1.807, 2.05) is 60.7 Å². The molecule has 0 radical (unpaired) electrons. The smallest absolute Gasteiger partial charge is 0.262 e. The summed E-state index contributed by atoms with van der Waals surface area (Å²) in [5, 5.41) is 12.5. The summed E-state index contributed by atoms with van der Waals surface area (Å²) in [5.74, 6) is 0.588. The molecule has 1 aliphatic heterocycles. The fourth-order valence-electron chi connectivity index (χ4n) is 3.25. The van der Waals surface area contributed by atoms with Crippen LogP contribution in [0.1, 0.15) is 27.7 Å². The van der Waals surface area contributed by atoms with Crippen molar-refractivity contribution in [3.63, 3.8) is 0 Å². The minimum atomic E-state index is -0.396. The minimum Gasteiger partial charge on any atom is -0.497 e. The van der Waals surface area contributed by atoms with E-state index in [4.69, 9.17) is 10.00 Å². The number of fused-ring (bicyclic) bond motifs is 1. The highest BCUT2D eigenvalue weighted by Crippen LogP contribution is 2.37. The summed E-state index contributed by atoms with van der Waals surface area (Å²) in [4.78, 5) is 15.0. The quantitative estimate of drug-likeness (QED) is 0.759. The predicted octanol–water partition coefficient (Wildman–Crippen LogP) is 4.34. The van der Waals surface area contributed by atoms with Gasteiger partial charge in [0.2, 0.25) is 0 Å². The van der Waals surface area contributed by atoms with Gasteiger partial charge in [0, 0.05) is 11.8 Å². The van der Waals surface area contributed by atoms with E-state index in [-0.39, 0.29) is 5.91 Å². The van der Waals surface area contributed by atoms with E-state index in [1.165, 1.54) is 0 Å². The van der Waals surface area contributed by atoms with Gasteiger partial charge >= 0.3 is 0 Å². The molecule has 1 aliphatic rings. The number of carbonyl (C=O) groups is 1. The largest absolute Gasteiger partial charge is 0.497 e. The standard InChI is InChI=1S/C22H17N3O2/c1-27-18-6-4-5-17(13-18)25-21(16-11-9-15(14-23)10-12-16)24-20-8-3-2-7-19(20)22(25)26/h2-13,21,24H,1H3. The molecule has 1 amide bonds. The Kier molecular flexibility index (Phi) is 4.23. The number of methoxy groups -OCH3 is 1. The van der Waals surface area contributed by atoms with Crippen molar-refractivity contribution in [1.29, 1.82) is 5.26 Å². The molecule has 5 heteroatoms. The van der Waals surface area contributed by atoms with Crippen LogP contribution in [-0.4, -0.2) is 13.0 Å². The van der Waals surface area contributed by atoms with E-state index in [9.17, 15) is 4.79 Å². The van der Waals surface area contributed by atoms with Crippen molar-refractivity contribution < 1.29 is 9.53 Å². The highest BCUT2D eigenvalue weighted by Gasteiger charge is 2.34. The van der Waals surface area contributed by atoms with Gasteiger partial charge in [-0.25, -0.2) is 0 Å². The molecule has 0 aliphatic carbocycles. The first-order valence-corrected chi connectivity index (χ1v) is 8.54. The van der Waals surface area contributed by atoms with Gasteiger partial charge in [-0.15, -0.1) is 0 Å². The lowest BCUT2D eigenvalue weighted by Gasteiger charge is -2.38. The number of anilines is 2. The number of nitriles is 1. The number of benzene rings is 3. The molecule has 0 spiro atoms. The number of hydrogen-bond acceptors (Lipinski definition) is 4. The van der Waals surface area contributed by atoms with Crippen molar-refractivity contribution in [3.05, 3.63) is 89.5 Å². The third-order valence-corrected chi connectivity index (χ3v) is 4.61. The van der Waals surface area contributed by atoms with E-state index in [0.29, 0.717) is 16.9 Å². The van der Waals surface area contributed by atoms with Crippen molar-refractivity contribution in [1.82, 2.24) is 0 Å². The molecule has 3 aromatic rings. The van der Waals surface area contributed by atoms with E-state index in [1.54, 1.807) is 24.1 Å². The summed E-state index contributed by atoms with van der Waals surface area (Å²) in [6, 6.07) is 24.2. The summed E-state index contributed by atoms with van der Waals surface area (Å²) in [6.07, 6.45) is -0.396. The van der Waals surface area contributed by atoms with Gasteiger partial charge < -0.3 is 10.1 Å². The van der Waals surface area contributed by atoms with Gasteiger partial charge in [-0.05, 0) is 42.0 Å². The molecule has 1 unspecified atom stereocenters.